The van der Waals surface area contributed by atoms with Gasteiger partial charge in [0.2, 0.25) is 0 Å². The van der Waals surface area contributed by atoms with Crippen LogP contribution in [0.3, 0.4) is 0 Å². The van der Waals surface area contributed by atoms with Crippen LogP contribution in [0, 0.1) is 12.7 Å². The van der Waals surface area contributed by atoms with E-state index in [1.807, 2.05) is 13.0 Å². The highest BCUT2D eigenvalue weighted by Gasteiger charge is 2.16. The van der Waals surface area contributed by atoms with Crippen molar-refractivity contribution in [2.24, 2.45) is 0 Å². The Balaban J connectivity index is 2.33. The predicted octanol–water partition coefficient (Wildman–Crippen LogP) is 5.29. The molecule has 1 unspecified atom stereocenters. The van der Waals surface area contributed by atoms with E-state index in [0.717, 1.165) is 19.8 Å². The molecule has 1 atom stereocenters. The summed E-state index contributed by atoms with van der Waals surface area (Å²) in [6, 6.07) is 6.80. The molecule has 0 N–H and O–H groups in total. The number of hydrogen-bond acceptors (Lipinski definition) is 2. The predicted molar refractivity (Wildman–Crippen MR) is 77.4 cm³/mol. The Morgan fingerprint density at radius 1 is 1.39 bits per heavy atom. The molecule has 0 aliphatic carbocycles. The van der Waals surface area contributed by atoms with Gasteiger partial charge in [-0.25, -0.2) is 4.39 Å². The van der Waals surface area contributed by atoms with E-state index in [9.17, 15) is 4.39 Å². The van der Waals surface area contributed by atoms with Gasteiger partial charge in [0, 0.05) is 4.88 Å². The van der Waals surface area contributed by atoms with E-state index in [0.29, 0.717) is 0 Å². The molecule has 96 valence electrons. The standard InChI is InChI=1S/C13H11BrClFOS/c1-7-5-11(18-13(7)14)12(15)8-3-4-10(17-2)9(16)6-8/h3-6,12H,1-2H3. The van der Waals surface area contributed by atoms with Gasteiger partial charge < -0.3 is 4.74 Å². The Morgan fingerprint density at radius 3 is 2.61 bits per heavy atom. The van der Waals surface area contributed by atoms with Crippen molar-refractivity contribution in [3.05, 3.63) is 49.9 Å². The van der Waals surface area contributed by atoms with Crippen LogP contribution in [-0.4, -0.2) is 7.11 Å². The minimum Gasteiger partial charge on any atom is -0.494 e. The lowest BCUT2D eigenvalue weighted by Crippen LogP contribution is -1.94. The maximum atomic E-state index is 13.6. The molecule has 0 spiro atoms. The number of benzene rings is 1. The van der Waals surface area contributed by atoms with Gasteiger partial charge in [-0.15, -0.1) is 22.9 Å². The number of methoxy groups -OCH3 is 1. The fraction of sp³-hybridized carbons (Fsp3) is 0.231. The Labute approximate surface area is 123 Å². The van der Waals surface area contributed by atoms with E-state index in [1.165, 1.54) is 13.2 Å². The molecule has 2 aromatic rings. The molecule has 0 radical (unpaired) electrons. The van der Waals surface area contributed by atoms with E-state index < -0.39 is 5.82 Å². The third kappa shape index (κ3) is 2.71. The van der Waals surface area contributed by atoms with Crippen molar-refractivity contribution in [2.45, 2.75) is 12.3 Å². The van der Waals surface area contributed by atoms with Gasteiger partial charge in [0.1, 0.15) is 0 Å². The first kappa shape index (κ1) is 13.8. The van der Waals surface area contributed by atoms with Crippen molar-refractivity contribution in [2.75, 3.05) is 7.11 Å². The zero-order valence-electron chi connectivity index (χ0n) is 9.84. The summed E-state index contributed by atoms with van der Waals surface area (Å²) in [6.07, 6.45) is 0. The maximum Gasteiger partial charge on any atom is 0.165 e. The van der Waals surface area contributed by atoms with Crippen LogP contribution in [0.15, 0.2) is 28.1 Å². The number of alkyl halides is 1. The molecular formula is C13H11BrClFOS. The Morgan fingerprint density at radius 2 is 2.11 bits per heavy atom. The number of thiophene rings is 1. The molecule has 1 aromatic carbocycles. The number of ether oxygens (including phenoxy) is 1. The Kier molecular flexibility index (Phi) is 4.30. The second-order valence-corrected chi connectivity index (χ2v) is 6.70. The normalized spacial score (nSPS) is 12.5. The van der Waals surface area contributed by atoms with Crippen molar-refractivity contribution in [1.29, 1.82) is 0 Å². The molecule has 2 rings (SSSR count). The first-order chi connectivity index (χ1) is 8.52. The number of halogens is 3. The lowest BCUT2D eigenvalue weighted by atomic mass is 10.1. The van der Waals surface area contributed by atoms with Crippen LogP contribution < -0.4 is 4.74 Å². The van der Waals surface area contributed by atoms with Crippen LogP contribution in [0.5, 0.6) is 5.75 Å². The molecule has 18 heavy (non-hydrogen) atoms. The molecule has 0 fully saturated rings. The van der Waals surface area contributed by atoms with E-state index >= 15 is 0 Å². The largest absolute Gasteiger partial charge is 0.494 e. The van der Waals surface area contributed by atoms with Crippen molar-refractivity contribution in [3.8, 4) is 5.75 Å². The molecule has 1 nitrogen and oxygen atoms in total. The quantitative estimate of drug-likeness (QED) is 0.684. The molecule has 1 heterocycles. The van der Waals surface area contributed by atoms with Crippen LogP contribution in [0.1, 0.15) is 21.4 Å². The van der Waals surface area contributed by atoms with Gasteiger partial charge >= 0.3 is 0 Å². The van der Waals surface area contributed by atoms with Gasteiger partial charge in [-0.2, -0.15) is 0 Å². The summed E-state index contributed by atoms with van der Waals surface area (Å²) in [5, 5.41) is -0.347. The van der Waals surface area contributed by atoms with Crippen LogP contribution in [-0.2, 0) is 0 Å². The molecule has 0 saturated heterocycles. The highest BCUT2D eigenvalue weighted by Crippen LogP contribution is 2.38. The minimum atomic E-state index is -0.395. The lowest BCUT2D eigenvalue weighted by Gasteiger charge is -2.09. The Bertz CT molecular complexity index is 551. The van der Waals surface area contributed by atoms with E-state index in [-0.39, 0.29) is 11.1 Å². The molecule has 5 heteroatoms. The topological polar surface area (TPSA) is 9.23 Å². The van der Waals surface area contributed by atoms with Crippen molar-refractivity contribution in [1.82, 2.24) is 0 Å². The second-order valence-electron chi connectivity index (χ2n) is 3.86. The van der Waals surface area contributed by atoms with E-state index in [4.69, 9.17) is 16.3 Å². The zero-order chi connectivity index (χ0) is 13.3. The van der Waals surface area contributed by atoms with Gasteiger partial charge in [0.25, 0.3) is 0 Å². The number of hydrogen-bond donors (Lipinski definition) is 0. The molecular weight excluding hydrogens is 339 g/mol. The third-order valence-corrected chi connectivity index (χ3v) is 5.41. The second kappa shape index (κ2) is 5.59. The Hall–Kier alpha value is -0.580. The monoisotopic (exact) mass is 348 g/mol. The summed E-state index contributed by atoms with van der Waals surface area (Å²) in [7, 11) is 1.44. The highest BCUT2D eigenvalue weighted by atomic mass is 79.9. The number of rotatable bonds is 3. The lowest BCUT2D eigenvalue weighted by molar-refractivity contribution is 0.386. The first-order valence-electron chi connectivity index (χ1n) is 5.26. The minimum absolute atomic E-state index is 0.228. The fourth-order valence-corrected chi connectivity index (χ4v) is 3.52. The molecule has 0 saturated carbocycles. The molecule has 0 bridgehead atoms. The van der Waals surface area contributed by atoms with E-state index in [1.54, 1.807) is 23.5 Å². The van der Waals surface area contributed by atoms with Gasteiger partial charge in [-0.1, -0.05) is 6.07 Å². The number of aryl methyl sites for hydroxylation is 1. The van der Waals surface area contributed by atoms with E-state index in [2.05, 4.69) is 15.9 Å². The summed E-state index contributed by atoms with van der Waals surface area (Å²) in [4.78, 5) is 0.991. The van der Waals surface area contributed by atoms with Gasteiger partial charge in [0.15, 0.2) is 11.6 Å². The smallest absolute Gasteiger partial charge is 0.165 e. The average molecular weight is 350 g/mol. The molecule has 0 amide bonds. The molecule has 0 aliphatic heterocycles. The maximum absolute atomic E-state index is 13.6. The van der Waals surface area contributed by atoms with Crippen LogP contribution in [0.2, 0.25) is 0 Å². The zero-order valence-corrected chi connectivity index (χ0v) is 13.0. The fourth-order valence-electron chi connectivity index (χ4n) is 1.61. The summed E-state index contributed by atoms with van der Waals surface area (Å²) < 4.78 is 19.6. The van der Waals surface area contributed by atoms with Crippen LogP contribution in [0.4, 0.5) is 4.39 Å². The van der Waals surface area contributed by atoms with Crippen LogP contribution in [0.25, 0.3) is 0 Å². The van der Waals surface area contributed by atoms with Gasteiger partial charge in [-0.05, 0) is 52.2 Å². The van der Waals surface area contributed by atoms with Crippen molar-refractivity contribution < 1.29 is 9.13 Å². The molecule has 1 aromatic heterocycles. The van der Waals surface area contributed by atoms with Crippen molar-refractivity contribution in [3.63, 3.8) is 0 Å². The third-order valence-electron chi connectivity index (χ3n) is 2.59. The van der Waals surface area contributed by atoms with Crippen LogP contribution >= 0.6 is 38.9 Å². The summed E-state index contributed by atoms with van der Waals surface area (Å²) in [5.74, 6) is -0.167. The SMILES string of the molecule is COc1ccc(C(Cl)c2cc(C)c(Br)s2)cc1F. The highest BCUT2D eigenvalue weighted by molar-refractivity contribution is 9.11. The van der Waals surface area contributed by atoms with Gasteiger partial charge in [-0.3, -0.25) is 0 Å². The molecule has 0 aliphatic rings. The first-order valence-corrected chi connectivity index (χ1v) is 7.31. The van der Waals surface area contributed by atoms with Gasteiger partial charge in [0.05, 0.1) is 16.3 Å². The summed E-state index contributed by atoms with van der Waals surface area (Å²) in [5.41, 5.74) is 1.86. The summed E-state index contributed by atoms with van der Waals surface area (Å²) in [6.45, 7) is 2.00. The van der Waals surface area contributed by atoms with Crippen molar-refractivity contribution >= 4 is 38.9 Å². The average Bonchev–Trinajstić information content (AvgIpc) is 2.68. The summed E-state index contributed by atoms with van der Waals surface area (Å²) >= 11 is 11.4.